The Hall–Kier alpha value is -3.71. The zero-order chi connectivity index (χ0) is 31.3. The van der Waals surface area contributed by atoms with E-state index in [1.165, 1.54) is 24.5 Å². The second kappa shape index (κ2) is 11.7. The number of carboxylic acid groups (broad SMARTS) is 1. The van der Waals surface area contributed by atoms with Crippen molar-refractivity contribution in [3.63, 3.8) is 0 Å². The summed E-state index contributed by atoms with van der Waals surface area (Å²) >= 11 is 12.9. The van der Waals surface area contributed by atoms with E-state index in [9.17, 15) is 23.1 Å². The van der Waals surface area contributed by atoms with Crippen molar-refractivity contribution in [1.29, 1.82) is 0 Å². The molecule has 44 heavy (non-hydrogen) atoms. The highest BCUT2D eigenvalue weighted by Crippen LogP contribution is 2.37. The van der Waals surface area contributed by atoms with E-state index in [4.69, 9.17) is 23.2 Å². The number of carboxylic acids is 1. The topological polar surface area (TPSA) is 129 Å². The molecular formula is C30H30Cl2N6O5S. The Morgan fingerprint density at radius 2 is 1.89 bits per heavy atom. The van der Waals surface area contributed by atoms with E-state index in [0.717, 1.165) is 25.3 Å². The Balaban J connectivity index is 1.40. The van der Waals surface area contributed by atoms with Gasteiger partial charge in [0.05, 0.1) is 38.9 Å². The minimum absolute atomic E-state index is 0.0605. The Labute approximate surface area is 264 Å². The maximum absolute atomic E-state index is 13.3. The second-order valence-electron chi connectivity index (χ2n) is 11.3. The third-order valence-electron chi connectivity index (χ3n) is 8.35. The van der Waals surface area contributed by atoms with Crippen LogP contribution in [-0.2, 0) is 9.84 Å². The summed E-state index contributed by atoms with van der Waals surface area (Å²) in [5.74, 6) is -0.781. The first-order chi connectivity index (χ1) is 20.9. The SMILES string of the molecule is CN(C)C1CN(c2ccc(-n3cc(C(=O)O)c(=O)c4cc(Cl)c(N5CCC[C@@H]5CS(=O)(=O)c5ncccc5Cl)cc43)cn2)C1. The minimum atomic E-state index is -3.82. The number of fused-ring (bicyclic) bond motifs is 1. The molecule has 5 heterocycles. The van der Waals surface area contributed by atoms with Crippen molar-refractivity contribution in [2.75, 3.05) is 49.3 Å². The second-order valence-corrected chi connectivity index (χ2v) is 14.1. The third-order valence-corrected chi connectivity index (χ3v) is 10.8. The molecule has 0 amide bonds. The summed E-state index contributed by atoms with van der Waals surface area (Å²) in [4.78, 5) is 40.2. The first kappa shape index (κ1) is 30.3. The fraction of sp³-hybridized carbons (Fsp3) is 0.333. The standard InChI is InChI=1S/C30H30Cl2N6O5S/c1-35(2)20-14-36(15-20)27-8-7-18(13-34-27)38-16-22(30(40)41)28(39)21-11-24(32)26(12-25(21)38)37-10-4-5-19(37)17-44(42,43)29-23(31)6-3-9-33-29/h3,6-9,11-13,16,19-20H,4-5,10,14-15,17H2,1-2H3,(H,40,41)/t19-/m1/s1. The summed E-state index contributed by atoms with van der Waals surface area (Å²) in [5.41, 5.74) is 0.457. The van der Waals surface area contributed by atoms with Gasteiger partial charge in [0.1, 0.15) is 11.4 Å². The Morgan fingerprint density at radius 1 is 1.11 bits per heavy atom. The van der Waals surface area contributed by atoms with Gasteiger partial charge < -0.3 is 24.4 Å². The van der Waals surface area contributed by atoms with Crippen molar-refractivity contribution >= 4 is 61.4 Å². The Kier molecular flexibility index (Phi) is 8.03. The van der Waals surface area contributed by atoms with Crippen LogP contribution in [0.1, 0.15) is 23.2 Å². The van der Waals surface area contributed by atoms with Crippen LogP contribution >= 0.6 is 23.2 Å². The van der Waals surface area contributed by atoms with Gasteiger partial charge in [0.15, 0.2) is 14.9 Å². The molecule has 0 aliphatic carbocycles. The summed E-state index contributed by atoms with van der Waals surface area (Å²) in [6.45, 7) is 2.24. The van der Waals surface area contributed by atoms with Crippen molar-refractivity contribution in [2.45, 2.75) is 30.0 Å². The molecule has 11 nitrogen and oxygen atoms in total. The molecule has 0 saturated carbocycles. The van der Waals surface area contributed by atoms with Crippen LogP contribution in [0.15, 0.2) is 64.8 Å². The molecule has 2 saturated heterocycles. The molecule has 2 aliphatic heterocycles. The number of hydrogen-bond acceptors (Lipinski definition) is 9. The highest BCUT2D eigenvalue weighted by Gasteiger charge is 2.34. The summed E-state index contributed by atoms with van der Waals surface area (Å²) in [6, 6.07) is 9.96. The average molecular weight is 658 g/mol. The molecule has 0 radical (unpaired) electrons. The van der Waals surface area contributed by atoms with E-state index in [1.54, 1.807) is 22.9 Å². The number of likely N-dealkylation sites (N-methyl/N-ethyl adjacent to an activating group) is 1. The molecule has 1 aromatic carbocycles. The smallest absolute Gasteiger partial charge is 0.341 e. The Morgan fingerprint density at radius 3 is 2.55 bits per heavy atom. The largest absolute Gasteiger partial charge is 0.477 e. The van der Waals surface area contributed by atoms with Gasteiger partial charge in [0.25, 0.3) is 0 Å². The molecule has 1 N–H and O–H groups in total. The number of pyridine rings is 3. The molecule has 1 atom stereocenters. The lowest BCUT2D eigenvalue weighted by Gasteiger charge is -2.43. The first-order valence-corrected chi connectivity index (χ1v) is 16.5. The number of nitrogens with zero attached hydrogens (tertiary/aromatic N) is 6. The van der Waals surface area contributed by atoms with Crippen LogP contribution in [0.5, 0.6) is 0 Å². The molecule has 4 aromatic rings. The zero-order valence-corrected chi connectivity index (χ0v) is 26.3. The van der Waals surface area contributed by atoms with Crippen LogP contribution in [-0.4, -0.2) is 90.5 Å². The van der Waals surface area contributed by atoms with Crippen LogP contribution in [0.2, 0.25) is 10.0 Å². The van der Waals surface area contributed by atoms with Crippen molar-refractivity contribution in [3.05, 3.63) is 80.8 Å². The number of hydrogen-bond donors (Lipinski definition) is 1. The molecule has 0 spiro atoms. The lowest BCUT2D eigenvalue weighted by Crippen LogP contribution is -2.57. The van der Waals surface area contributed by atoms with E-state index in [-0.39, 0.29) is 26.2 Å². The number of rotatable bonds is 8. The predicted octanol–water partition coefficient (Wildman–Crippen LogP) is 3.98. The third kappa shape index (κ3) is 5.51. The summed E-state index contributed by atoms with van der Waals surface area (Å²) in [7, 11) is 0.259. The number of benzene rings is 1. The van der Waals surface area contributed by atoms with Crippen LogP contribution in [0.3, 0.4) is 0 Å². The molecule has 0 unspecified atom stereocenters. The highest BCUT2D eigenvalue weighted by molar-refractivity contribution is 7.91. The molecule has 2 aliphatic rings. The minimum Gasteiger partial charge on any atom is -0.477 e. The van der Waals surface area contributed by atoms with E-state index < -0.39 is 32.8 Å². The molecule has 14 heteroatoms. The normalized spacial score (nSPS) is 17.4. The fourth-order valence-corrected chi connectivity index (χ4v) is 8.20. The molecule has 0 bridgehead atoms. The highest BCUT2D eigenvalue weighted by atomic mass is 35.5. The van der Waals surface area contributed by atoms with Crippen molar-refractivity contribution in [3.8, 4) is 5.69 Å². The fourth-order valence-electron chi connectivity index (χ4n) is 5.86. The predicted molar refractivity (Wildman–Crippen MR) is 171 cm³/mol. The summed E-state index contributed by atoms with van der Waals surface area (Å²) in [6.07, 6.45) is 5.65. The van der Waals surface area contributed by atoms with Gasteiger partial charge in [-0.2, -0.15) is 0 Å². The lowest BCUT2D eigenvalue weighted by atomic mass is 10.1. The van der Waals surface area contributed by atoms with Gasteiger partial charge in [-0.25, -0.2) is 23.2 Å². The molecular weight excluding hydrogens is 627 g/mol. The first-order valence-electron chi connectivity index (χ1n) is 14.0. The van der Waals surface area contributed by atoms with Crippen molar-refractivity contribution < 1.29 is 18.3 Å². The zero-order valence-electron chi connectivity index (χ0n) is 24.0. The van der Waals surface area contributed by atoms with Crippen molar-refractivity contribution in [2.24, 2.45) is 0 Å². The van der Waals surface area contributed by atoms with Crippen LogP contribution in [0, 0.1) is 0 Å². The van der Waals surface area contributed by atoms with Gasteiger partial charge in [0, 0.05) is 49.5 Å². The van der Waals surface area contributed by atoms with E-state index in [2.05, 4.69) is 19.8 Å². The van der Waals surface area contributed by atoms with Gasteiger partial charge in [-0.15, -0.1) is 0 Å². The van der Waals surface area contributed by atoms with Gasteiger partial charge in [-0.05, 0) is 63.3 Å². The maximum atomic E-state index is 13.3. The average Bonchev–Trinajstić information content (AvgIpc) is 3.39. The van der Waals surface area contributed by atoms with E-state index in [0.29, 0.717) is 35.9 Å². The van der Waals surface area contributed by atoms with E-state index >= 15 is 0 Å². The van der Waals surface area contributed by atoms with Crippen LogP contribution < -0.4 is 15.2 Å². The molecule has 2 fully saturated rings. The quantitative estimate of drug-likeness (QED) is 0.297. The van der Waals surface area contributed by atoms with Crippen LogP contribution in [0.25, 0.3) is 16.6 Å². The van der Waals surface area contributed by atoms with Gasteiger partial charge in [-0.1, -0.05) is 23.2 Å². The maximum Gasteiger partial charge on any atom is 0.341 e. The van der Waals surface area contributed by atoms with Gasteiger partial charge >= 0.3 is 5.97 Å². The van der Waals surface area contributed by atoms with E-state index in [1.807, 2.05) is 31.1 Å². The Bertz CT molecular complexity index is 1930. The number of aromatic nitrogens is 3. The number of aromatic carboxylic acids is 1. The monoisotopic (exact) mass is 656 g/mol. The molecule has 3 aromatic heterocycles. The number of halogens is 2. The summed E-state index contributed by atoms with van der Waals surface area (Å²) in [5, 5.41) is 10.1. The summed E-state index contributed by atoms with van der Waals surface area (Å²) < 4.78 is 28.2. The number of sulfone groups is 1. The molecule has 6 rings (SSSR count). The van der Waals surface area contributed by atoms with Crippen LogP contribution in [0.4, 0.5) is 11.5 Å². The van der Waals surface area contributed by atoms with Gasteiger partial charge in [0.2, 0.25) is 5.43 Å². The van der Waals surface area contributed by atoms with Crippen molar-refractivity contribution in [1.82, 2.24) is 19.4 Å². The van der Waals surface area contributed by atoms with Gasteiger partial charge in [-0.3, -0.25) is 4.79 Å². The molecule has 230 valence electrons. The number of carbonyl (C=O) groups is 1. The number of anilines is 2. The lowest BCUT2D eigenvalue weighted by molar-refractivity contribution is 0.0695.